The van der Waals surface area contributed by atoms with E-state index in [0.717, 1.165) is 6.42 Å². The van der Waals surface area contributed by atoms with E-state index in [9.17, 15) is 13.2 Å². The van der Waals surface area contributed by atoms with Gasteiger partial charge in [-0.2, -0.15) is 8.42 Å². The highest BCUT2D eigenvalue weighted by atomic mass is 32.2. The minimum absolute atomic E-state index is 0.0453. The lowest BCUT2D eigenvalue weighted by molar-refractivity contribution is 0.102. The minimum Gasteiger partial charge on any atom is -0.497 e. The van der Waals surface area contributed by atoms with E-state index in [0.29, 0.717) is 29.5 Å². The van der Waals surface area contributed by atoms with Crippen molar-refractivity contribution < 1.29 is 17.9 Å². The zero-order chi connectivity index (χ0) is 19.6. The second-order valence-electron chi connectivity index (χ2n) is 6.13. The standard InChI is InChI=1S/C19H21N3O4S/c1-4-11-22-13(2)21-27(24,25)18-12-14(5-10-17(18)22)19(23)20-15-6-8-16(26-3)9-7-15/h5-10,12H,4,11H2,1-3H3,(H,20,23). The predicted molar refractivity (Wildman–Crippen MR) is 105 cm³/mol. The Bertz CT molecular complexity index is 998. The molecule has 0 saturated heterocycles. The van der Waals surface area contributed by atoms with Gasteiger partial charge in [0.15, 0.2) is 0 Å². The van der Waals surface area contributed by atoms with Crippen LogP contribution in [0.5, 0.6) is 5.75 Å². The molecule has 8 heteroatoms. The van der Waals surface area contributed by atoms with E-state index in [4.69, 9.17) is 4.74 Å². The maximum atomic E-state index is 12.6. The Morgan fingerprint density at radius 1 is 1.19 bits per heavy atom. The van der Waals surface area contributed by atoms with Crippen molar-refractivity contribution in [1.82, 2.24) is 0 Å². The molecule has 1 aliphatic heterocycles. The van der Waals surface area contributed by atoms with Crippen LogP contribution in [0.25, 0.3) is 0 Å². The first kappa shape index (κ1) is 18.9. The molecule has 7 nitrogen and oxygen atoms in total. The third-order valence-corrected chi connectivity index (χ3v) is 5.62. The molecule has 0 saturated carbocycles. The maximum Gasteiger partial charge on any atom is 0.286 e. The first-order chi connectivity index (χ1) is 12.9. The number of amidine groups is 1. The Kier molecular flexibility index (Phi) is 5.18. The molecule has 2 aromatic carbocycles. The number of fused-ring (bicyclic) bond motifs is 1. The van der Waals surface area contributed by atoms with Gasteiger partial charge in [-0.15, -0.1) is 4.40 Å². The van der Waals surface area contributed by atoms with Gasteiger partial charge < -0.3 is 15.0 Å². The lowest BCUT2D eigenvalue weighted by atomic mass is 10.1. The highest BCUT2D eigenvalue weighted by molar-refractivity contribution is 7.90. The van der Waals surface area contributed by atoms with Crippen LogP contribution in [0, 0.1) is 0 Å². The molecule has 0 radical (unpaired) electrons. The molecule has 0 bridgehead atoms. The van der Waals surface area contributed by atoms with Gasteiger partial charge in [0.25, 0.3) is 15.9 Å². The molecule has 1 N–H and O–H groups in total. The van der Waals surface area contributed by atoms with Crippen LogP contribution in [-0.4, -0.2) is 33.8 Å². The van der Waals surface area contributed by atoms with Gasteiger partial charge in [0, 0.05) is 17.8 Å². The van der Waals surface area contributed by atoms with E-state index < -0.39 is 15.9 Å². The number of ether oxygens (including phenoxy) is 1. The molecule has 0 spiro atoms. The highest BCUT2D eigenvalue weighted by Crippen LogP contribution is 2.32. The van der Waals surface area contributed by atoms with E-state index in [2.05, 4.69) is 9.71 Å². The fourth-order valence-corrected chi connectivity index (χ4v) is 4.18. The van der Waals surface area contributed by atoms with Crippen molar-refractivity contribution >= 4 is 33.1 Å². The zero-order valence-electron chi connectivity index (χ0n) is 15.4. The Labute approximate surface area is 158 Å². The summed E-state index contributed by atoms with van der Waals surface area (Å²) in [5, 5.41) is 2.75. The van der Waals surface area contributed by atoms with Crippen molar-refractivity contribution in [3.63, 3.8) is 0 Å². The number of nitrogens with one attached hydrogen (secondary N) is 1. The molecular weight excluding hydrogens is 366 g/mol. The van der Waals surface area contributed by atoms with Crippen molar-refractivity contribution in [3.8, 4) is 5.75 Å². The Morgan fingerprint density at radius 2 is 1.89 bits per heavy atom. The average molecular weight is 387 g/mol. The summed E-state index contributed by atoms with van der Waals surface area (Å²) in [5.74, 6) is 0.711. The van der Waals surface area contributed by atoms with Crippen LogP contribution < -0.4 is 15.0 Å². The molecule has 0 unspecified atom stereocenters. The Morgan fingerprint density at radius 3 is 2.52 bits per heavy atom. The molecule has 142 valence electrons. The van der Waals surface area contributed by atoms with Gasteiger partial charge in [-0.3, -0.25) is 4.79 Å². The third kappa shape index (κ3) is 3.80. The van der Waals surface area contributed by atoms with Gasteiger partial charge in [0.2, 0.25) is 0 Å². The number of nitrogens with zero attached hydrogens (tertiary/aromatic N) is 2. The van der Waals surface area contributed by atoms with Gasteiger partial charge in [0.1, 0.15) is 16.5 Å². The average Bonchev–Trinajstić information content (AvgIpc) is 2.65. The Hall–Kier alpha value is -2.87. The van der Waals surface area contributed by atoms with Crippen molar-refractivity contribution in [2.75, 3.05) is 23.9 Å². The molecule has 0 fully saturated rings. The molecule has 1 aliphatic rings. The summed E-state index contributed by atoms with van der Waals surface area (Å²) in [7, 11) is -2.27. The first-order valence-electron chi connectivity index (χ1n) is 8.54. The number of sulfonamides is 1. The monoisotopic (exact) mass is 387 g/mol. The largest absolute Gasteiger partial charge is 0.497 e. The lowest BCUT2D eigenvalue weighted by Gasteiger charge is -2.29. The minimum atomic E-state index is -3.83. The van der Waals surface area contributed by atoms with E-state index in [1.807, 2.05) is 11.8 Å². The number of carbonyl (C=O) groups is 1. The predicted octanol–water partition coefficient (Wildman–Crippen LogP) is 3.28. The molecule has 3 rings (SSSR count). The lowest BCUT2D eigenvalue weighted by Crippen LogP contribution is -2.34. The van der Waals surface area contributed by atoms with E-state index in [1.54, 1.807) is 50.4 Å². The van der Waals surface area contributed by atoms with E-state index in [-0.39, 0.29) is 10.5 Å². The summed E-state index contributed by atoms with van der Waals surface area (Å²) in [5.41, 5.74) is 1.38. The van der Waals surface area contributed by atoms with Crippen molar-refractivity contribution in [3.05, 3.63) is 48.0 Å². The highest BCUT2D eigenvalue weighted by Gasteiger charge is 2.29. The smallest absolute Gasteiger partial charge is 0.286 e. The zero-order valence-corrected chi connectivity index (χ0v) is 16.2. The van der Waals surface area contributed by atoms with Crippen LogP contribution in [0.3, 0.4) is 0 Å². The number of amides is 1. The normalized spacial score (nSPS) is 14.9. The van der Waals surface area contributed by atoms with Crippen LogP contribution in [0.15, 0.2) is 51.8 Å². The van der Waals surface area contributed by atoms with Gasteiger partial charge in [-0.1, -0.05) is 6.92 Å². The second-order valence-corrected chi connectivity index (χ2v) is 7.70. The van der Waals surface area contributed by atoms with Crippen LogP contribution in [0.2, 0.25) is 0 Å². The summed E-state index contributed by atoms with van der Waals surface area (Å²) in [6.45, 7) is 4.32. The van der Waals surface area contributed by atoms with Crippen LogP contribution >= 0.6 is 0 Å². The third-order valence-electron chi connectivity index (χ3n) is 4.23. The molecule has 0 atom stereocenters. The second kappa shape index (κ2) is 7.40. The molecule has 1 amide bonds. The molecule has 27 heavy (non-hydrogen) atoms. The van der Waals surface area contributed by atoms with Crippen molar-refractivity contribution in [2.45, 2.75) is 25.2 Å². The van der Waals surface area contributed by atoms with Gasteiger partial charge in [-0.05, 0) is 55.8 Å². The quantitative estimate of drug-likeness (QED) is 0.851. The summed E-state index contributed by atoms with van der Waals surface area (Å²) >= 11 is 0. The molecule has 0 aromatic heterocycles. The molecule has 0 aliphatic carbocycles. The first-order valence-corrected chi connectivity index (χ1v) is 9.98. The van der Waals surface area contributed by atoms with Crippen LogP contribution in [0.4, 0.5) is 11.4 Å². The van der Waals surface area contributed by atoms with Crippen molar-refractivity contribution in [1.29, 1.82) is 0 Å². The summed E-state index contributed by atoms with van der Waals surface area (Å²) < 4.78 is 33.9. The number of hydrogen-bond acceptors (Lipinski definition) is 5. The fraction of sp³-hybridized carbons (Fsp3) is 0.263. The number of carbonyl (C=O) groups excluding carboxylic acids is 1. The van der Waals surface area contributed by atoms with Gasteiger partial charge in [0.05, 0.1) is 12.8 Å². The van der Waals surface area contributed by atoms with Crippen LogP contribution in [-0.2, 0) is 10.0 Å². The summed E-state index contributed by atoms with van der Waals surface area (Å²) in [6.07, 6.45) is 0.839. The number of anilines is 2. The Balaban J connectivity index is 1.92. The van der Waals surface area contributed by atoms with E-state index in [1.165, 1.54) is 6.07 Å². The SMILES string of the molecule is CCCN1C(C)=NS(=O)(=O)c2cc(C(=O)Nc3ccc(OC)cc3)ccc21. The topological polar surface area (TPSA) is 88.1 Å². The fourth-order valence-electron chi connectivity index (χ4n) is 2.92. The molecule has 1 heterocycles. The number of benzene rings is 2. The maximum absolute atomic E-state index is 12.6. The molecular formula is C19H21N3O4S. The van der Waals surface area contributed by atoms with E-state index >= 15 is 0 Å². The summed E-state index contributed by atoms with van der Waals surface area (Å²) in [6, 6.07) is 11.5. The number of methoxy groups -OCH3 is 1. The van der Waals surface area contributed by atoms with Gasteiger partial charge in [-0.25, -0.2) is 0 Å². The van der Waals surface area contributed by atoms with Crippen LogP contribution in [0.1, 0.15) is 30.6 Å². The summed E-state index contributed by atoms with van der Waals surface area (Å²) in [4.78, 5) is 14.4. The number of rotatable bonds is 5. The number of hydrogen-bond donors (Lipinski definition) is 1. The molecule has 2 aromatic rings. The van der Waals surface area contributed by atoms with Gasteiger partial charge >= 0.3 is 0 Å². The van der Waals surface area contributed by atoms with Crippen molar-refractivity contribution in [2.24, 2.45) is 4.40 Å².